The van der Waals surface area contributed by atoms with Crippen LogP contribution in [0, 0.1) is 5.92 Å². The van der Waals surface area contributed by atoms with Crippen LogP contribution in [0.5, 0.6) is 0 Å². The second-order valence-electron chi connectivity index (χ2n) is 6.13. The van der Waals surface area contributed by atoms with Gasteiger partial charge >= 0.3 is 0 Å². The maximum atomic E-state index is 5.87. The van der Waals surface area contributed by atoms with Crippen molar-refractivity contribution in [3.63, 3.8) is 0 Å². The average Bonchev–Trinajstić information content (AvgIpc) is 2.47. The molecule has 0 bridgehead atoms. The van der Waals surface area contributed by atoms with Crippen molar-refractivity contribution >= 4 is 0 Å². The third kappa shape index (κ3) is 4.42. The molecule has 1 aliphatic rings. The van der Waals surface area contributed by atoms with Crippen LogP contribution in [0.1, 0.15) is 65.7 Å². The summed E-state index contributed by atoms with van der Waals surface area (Å²) in [6.07, 6.45) is 7.70. The predicted octanol–water partition coefficient (Wildman–Crippen LogP) is 4.08. The highest BCUT2D eigenvalue weighted by atomic mass is 17.2. The molecule has 0 aliphatic carbocycles. The van der Waals surface area contributed by atoms with E-state index in [1.165, 1.54) is 12.8 Å². The monoisotopic (exact) mass is 288 g/mol. The maximum Gasteiger partial charge on any atom is 0.203 e. The Labute approximate surface area is 124 Å². The van der Waals surface area contributed by atoms with Gasteiger partial charge in [0.2, 0.25) is 5.79 Å². The summed E-state index contributed by atoms with van der Waals surface area (Å²) in [6, 6.07) is 0. The summed E-state index contributed by atoms with van der Waals surface area (Å²) in [6.45, 7) is 6.99. The molecule has 4 heteroatoms. The molecule has 0 radical (unpaired) electrons. The van der Waals surface area contributed by atoms with Gasteiger partial charge in [0.1, 0.15) is 5.60 Å². The number of hydrogen-bond acceptors (Lipinski definition) is 4. The third-order valence-corrected chi connectivity index (χ3v) is 4.49. The highest BCUT2D eigenvalue weighted by Crippen LogP contribution is 2.43. The smallest absolute Gasteiger partial charge is 0.203 e. The molecular formula is C16H32O4. The van der Waals surface area contributed by atoms with E-state index in [4.69, 9.17) is 19.2 Å². The van der Waals surface area contributed by atoms with Crippen molar-refractivity contribution in [2.45, 2.75) is 77.1 Å². The molecule has 120 valence electrons. The highest BCUT2D eigenvalue weighted by Gasteiger charge is 2.49. The van der Waals surface area contributed by atoms with Crippen molar-refractivity contribution in [1.82, 2.24) is 0 Å². The second-order valence-corrected chi connectivity index (χ2v) is 6.13. The number of unbranched alkanes of at least 4 members (excludes halogenated alkanes) is 2. The van der Waals surface area contributed by atoms with Crippen molar-refractivity contribution in [2.24, 2.45) is 5.92 Å². The van der Waals surface area contributed by atoms with Crippen LogP contribution in [0.3, 0.4) is 0 Å². The van der Waals surface area contributed by atoms with Gasteiger partial charge in [-0.15, -0.1) is 0 Å². The Morgan fingerprint density at radius 2 is 1.65 bits per heavy atom. The average molecular weight is 288 g/mol. The maximum absolute atomic E-state index is 5.87. The zero-order valence-corrected chi connectivity index (χ0v) is 13.9. The number of ether oxygens (including phenoxy) is 2. The Hall–Kier alpha value is -0.160. The van der Waals surface area contributed by atoms with Crippen LogP contribution in [0.2, 0.25) is 0 Å². The van der Waals surface area contributed by atoms with Gasteiger partial charge in [0.15, 0.2) is 0 Å². The first-order valence-electron chi connectivity index (χ1n) is 7.96. The van der Waals surface area contributed by atoms with Crippen molar-refractivity contribution in [3.8, 4) is 0 Å². The molecule has 0 aromatic rings. The molecule has 2 atom stereocenters. The molecule has 1 rings (SSSR count). The van der Waals surface area contributed by atoms with Crippen LogP contribution in [0.15, 0.2) is 0 Å². The molecule has 1 heterocycles. The normalized spacial score (nSPS) is 29.6. The third-order valence-electron chi connectivity index (χ3n) is 4.49. The molecule has 0 saturated carbocycles. The van der Waals surface area contributed by atoms with Crippen LogP contribution < -0.4 is 0 Å². The predicted molar refractivity (Wildman–Crippen MR) is 79.3 cm³/mol. The molecule has 4 nitrogen and oxygen atoms in total. The molecule has 1 saturated heterocycles. The van der Waals surface area contributed by atoms with E-state index in [-0.39, 0.29) is 11.5 Å². The molecule has 0 N–H and O–H groups in total. The zero-order valence-electron chi connectivity index (χ0n) is 13.9. The molecule has 0 amide bonds. The Bertz CT molecular complexity index is 261. The van der Waals surface area contributed by atoms with E-state index in [1.54, 1.807) is 14.2 Å². The van der Waals surface area contributed by atoms with E-state index in [9.17, 15) is 0 Å². The van der Waals surface area contributed by atoms with E-state index in [2.05, 4.69) is 13.8 Å². The SMILES string of the molecule is CCCCC1(CCCC)C[C@H](COC)[C@](C)(OC)OO1. The summed E-state index contributed by atoms with van der Waals surface area (Å²) in [5.41, 5.74) is -0.173. The highest BCUT2D eigenvalue weighted by molar-refractivity contribution is 4.90. The van der Waals surface area contributed by atoms with Gasteiger partial charge in [0, 0.05) is 20.1 Å². The second kappa shape index (κ2) is 8.32. The van der Waals surface area contributed by atoms with Gasteiger partial charge in [0.05, 0.1) is 6.61 Å². The number of methoxy groups -OCH3 is 2. The molecule has 0 unspecified atom stereocenters. The van der Waals surface area contributed by atoms with Crippen molar-refractivity contribution < 1.29 is 19.2 Å². The summed E-state index contributed by atoms with van der Waals surface area (Å²) in [7, 11) is 3.39. The topological polar surface area (TPSA) is 36.9 Å². The lowest BCUT2D eigenvalue weighted by molar-refractivity contribution is -0.502. The largest absolute Gasteiger partial charge is 0.384 e. The summed E-state index contributed by atoms with van der Waals surface area (Å²) in [5, 5.41) is 0. The Morgan fingerprint density at radius 3 is 2.10 bits per heavy atom. The van der Waals surface area contributed by atoms with Gasteiger partial charge in [-0.1, -0.05) is 39.5 Å². The van der Waals surface area contributed by atoms with Crippen LogP contribution in [0.25, 0.3) is 0 Å². The first-order valence-corrected chi connectivity index (χ1v) is 7.96. The molecule has 0 aromatic carbocycles. The lowest BCUT2D eigenvalue weighted by Gasteiger charge is -2.47. The van der Waals surface area contributed by atoms with Crippen LogP contribution in [0.4, 0.5) is 0 Å². The quantitative estimate of drug-likeness (QED) is 0.599. The minimum atomic E-state index is -0.710. The Morgan fingerprint density at radius 1 is 1.05 bits per heavy atom. The van der Waals surface area contributed by atoms with Gasteiger partial charge in [-0.3, -0.25) is 0 Å². The fourth-order valence-corrected chi connectivity index (χ4v) is 2.93. The van der Waals surface area contributed by atoms with E-state index in [0.717, 1.165) is 32.1 Å². The standard InChI is InChI=1S/C16H32O4/c1-6-8-10-16(11-9-7-2)12-14(13-17-4)15(3,18-5)19-20-16/h14H,6-13H2,1-5H3/t14-,15-/m1/s1. The van der Waals surface area contributed by atoms with E-state index in [0.29, 0.717) is 6.61 Å². The van der Waals surface area contributed by atoms with Crippen molar-refractivity contribution in [1.29, 1.82) is 0 Å². The van der Waals surface area contributed by atoms with E-state index in [1.807, 2.05) is 6.92 Å². The number of hydrogen-bond donors (Lipinski definition) is 0. The lowest BCUT2D eigenvalue weighted by Crippen LogP contribution is -2.54. The van der Waals surface area contributed by atoms with E-state index >= 15 is 0 Å². The molecule has 0 spiro atoms. The summed E-state index contributed by atoms with van der Waals surface area (Å²) < 4.78 is 10.9. The lowest BCUT2D eigenvalue weighted by atomic mass is 9.79. The van der Waals surface area contributed by atoms with Crippen molar-refractivity contribution in [2.75, 3.05) is 20.8 Å². The minimum Gasteiger partial charge on any atom is -0.384 e. The summed E-state index contributed by atoms with van der Waals surface area (Å²) in [4.78, 5) is 11.6. The van der Waals surface area contributed by atoms with Crippen molar-refractivity contribution in [3.05, 3.63) is 0 Å². The van der Waals surface area contributed by atoms with E-state index < -0.39 is 5.79 Å². The number of rotatable bonds is 9. The van der Waals surface area contributed by atoms with Crippen LogP contribution >= 0.6 is 0 Å². The molecule has 1 fully saturated rings. The Kier molecular flexibility index (Phi) is 7.45. The first kappa shape index (κ1) is 17.9. The molecular weight excluding hydrogens is 256 g/mol. The minimum absolute atomic E-state index is 0.173. The van der Waals surface area contributed by atoms with Gasteiger partial charge < -0.3 is 9.47 Å². The van der Waals surface area contributed by atoms with Gasteiger partial charge in [-0.05, 0) is 26.2 Å². The summed E-state index contributed by atoms with van der Waals surface area (Å²) >= 11 is 0. The van der Waals surface area contributed by atoms with Gasteiger partial charge in [-0.25, -0.2) is 9.78 Å². The zero-order chi connectivity index (χ0) is 15.1. The molecule has 0 aromatic heterocycles. The summed E-state index contributed by atoms with van der Waals surface area (Å²) in [5.74, 6) is -0.516. The molecule has 1 aliphatic heterocycles. The Balaban J connectivity index is 2.80. The fourth-order valence-electron chi connectivity index (χ4n) is 2.93. The van der Waals surface area contributed by atoms with Crippen LogP contribution in [-0.2, 0) is 19.2 Å². The van der Waals surface area contributed by atoms with Gasteiger partial charge in [0.25, 0.3) is 0 Å². The molecule has 20 heavy (non-hydrogen) atoms. The van der Waals surface area contributed by atoms with Crippen LogP contribution in [-0.4, -0.2) is 32.2 Å². The first-order chi connectivity index (χ1) is 9.55. The van der Waals surface area contributed by atoms with Gasteiger partial charge in [-0.2, -0.15) is 0 Å². The fraction of sp³-hybridized carbons (Fsp3) is 1.00.